The second-order valence-electron chi connectivity index (χ2n) is 3.97. The van der Waals surface area contributed by atoms with E-state index in [1.165, 1.54) is 0 Å². The number of benzene rings is 1. The highest BCUT2D eigenvalue weighted by Gasteiger charge is 2.10. The Morgan fingerprint density at radius 3 is 2.94 bits per heavy atom. The number of para-hydroxylation sites is 1. The summed E-state index contributed by atoms with van der Waals surface area (Å²) >= 11 is 0. The summed E-state index contributed by atoms with van der Waals surface area (Å²) in [6, 6.07) is 7.39. The minimum atomic E-state index is -0.880. The Labute approximate surface area is 94.1 Å². The van der Waals surface area contributed by atoms with Gasteiger partial charge in [0.05, 0.1) is 11.1 Å². The first kappa shape index (κ1) is 10.7. The quantitative estimate of drug-likeness (QED) is 0.826. The summed E-state index contributed by atoms with van der Waals surface area (Å²) in [7, 11) is 0. The first-order valence-corrected chi connectivity index (χ1v) is 5.56. The van der Waals surface area contributed by atoms with Crippen LogP contribution in [0.2, 0.25) is 0 Å². The third-order valence-electron chi connectivity index (χ3n) is 2.74. The van der Waals surface area contributed by atoms with Crippen molar-refractivity contribution in [1.29, 1.82) is 0 Å². The summed E-state index contributed by atoms with van der Waals surface area (Å²) < 4.78 is 0. The van der Waals surface area contributed by atoms with Gasteiger partial charge in [0.2, 0.25) is 0 Å². The lowest BCUT2D eigenvalue weighted by Gasteiger charge is -1.96. The van der Waals surface area contributed by atoms with Crippen molar-refractivity contribution < 1.29 is 9.90 Å². The Hall–Kier alpha value is -1.77. The molecule has 2 N–H and O–H groups in total. The second-order valence-corrected chi connectivity index (χ2v) is 3.97. The molecule has 0 saturated carbocycles. The number of hydrogen-bond donors (Lipinski definition) is 2. The molecule has 0 radical (unpaired) electrons. The van der Waals surface area contributed by atoms with Crippen molar-refractivity contribution >= 4 is 16.9 Å². The van der Waals surface area contributed by atoms with Gasteiger partial charge in [0, 0.05) is 11.1 Å². The molecule has 3 nitrogen and oxygen atoms in total. The number of aryl methyl sites for hydroxylation is 1. The van der Waals surface area contributed by atoms with Gasteiger partial charge in [0.1, 0.15) is 0 Å². The van der Waals surface area contributed by atoms with Gasteiger partial charge >= 0.3 is 5.97 Å². The average Bonchev–Trinajstić information content (AvgIpc) is 2.68. The number of aromatic amines is 1. The fourth-order valence-corrected chi connectivity index (χ4v) is 1.89. The van der Waals surface area contributed by atoms with Crippen molar-refractivity contribution in [2.45, 2.75) is 26.2 Å². The Morgan fingerprint density at radius 1 is 1.44 bits per heavy atom. The molecule has 0 aliphatic carbocycles. The fourth-order valence-electron chi connectivity index (χ4n) is 1.89. The van der Waals surface area contributed by atoms with Crippen molar-refractivity contribution in [2.75, 3.05) is 0 Å². The Morgan fingerprint density at radius 2 is 2.25 bits per heavy atom. The van der Waals surface area contributed by atoms with E-state index in [1.54, 1.807) is 12.1 Å². The number of carboxylic acids is 1. The fraction of sp³-hybridized carbons (Fsp3) is 0.308. The van der Waals surface area contributed by atoms with Gasteiger partial charge < -0.3 is 10.1 Å². The number of carboxylic acid groups (broad SMARTS) is 1. The summed E-state index contributed by atoms with van der Waals surface area (Å²) in [6.45, 7) is 2.14. The van der Waals surface area contributed by atoms with Crippen LogP contribution in [0, 0.1) is 0 Å². The molecule has 16 heavy (non-hydrogen) atoms. The minimum absolute atomic E-state index is 0.347. The normalized spacial score (nSPS) is 10.8. The monoisotopic (exact) mass is 217 g/mol. The molecule has 0 spiro atoms. The topological polar surface area (TPSA) is 53.1 Å². The molecule has 84 valence electrons. The molecule has 0 atom stereocenters. The van der Waals surface area contributed by atoms with Gasteiger partial charge in [-0.1, -0.05) is 25.5 Å². The van der Waals surface area contributed by atoms with Gasteiger partial charge in [0.15, 0.2) is 0 Å². The first-order chi connectivity index (χ1) is 7.72. The average molecular weight is 217 g/mol. The van der Waals surface area contributed by atoms with Gasteiger partial charge in [-0.15, -0.1) is 0 Å². The van der Waals surface area contributed by atoms with Crippen LogP contribution in [-0.2, 0) is 6.42 Å². The SMILES string of the molecule is CCCCc1cc2cccc(C(=O)O)c2[nH]1. The molecule has 3 heteroatoms. The molecule has 2 aromatic rings. The maximum absolute atomic E-state index is 11.0. The predicted octanol–water partition coefficient (Wildman–Crippen LogP) is 3.21. The summed E-state index contributed by atoms with van der Waals surface area (Å²) in [5.41, 5.74) is 2.20. The van der Waals surface area contributed by atoms with E-state index in [0.29, 0.717) is 5.56 Å². The van der Waals surface area contributed by atoms with Crippen LogP contribution in [0.1, 0.15) is 35.8 Å². The van der Waals surface area contributed by atoms with Gasteiger partial charge in [0.25, 0.3) is 0 Å². The largest absolute Gasteiger partial charge is 0.478 e. The van der Waals surface area contributed by atoms with E-state index in [0.717, 1.165) is 35.9 Å². The number of fused-ring (bicyclic) bond motifs is 1. The van der Waals surface area contributed by atoms with Gasteiger partial charge in [-0.3, -0.25) is 0 Å². The van der Waals surface area contributed by atoms with E-state index in [2.05, 4.69) is 11.9 Å². The minimum Gasteiger partial charge on any atom is -0.478 e. The van der Waals surface area contributed by atoms with Crippen LogP contribution in [-0.4, -0.2) is 16.1 Å². The van der Waals surface area contributed by atoms with Crippen LogP contribution in [0.4, 0.5) is 0 Å². The highest BCUT2D eigenvalue weighted by atomic mass is 16.4. The number of hydrogen-bond acceptors (Lipinski definition) is 1. The molecule has 1 aromatic carbocycles. The lowest BCUT2D eigenvalue weighted by atomic mass is 10.1. The molecule has 1 heterocycles. The molecular formula is C13H15NO2. The van der Waals surface area contributed by atoms with Crippen molar-refractivity contribution in [2.24, 2.45) is 0 Å². The number of unbranched alkanes of at least 4 members (excludes halogenated alkanes) is 1. The van der Waals surface area contributed by atoms with E-state index in [-0.39, 0.29) is 0 Å². The molecule has 2 rings (SSSR count). The van der Waals surface area contributed by atoms with Gasteiger partial charge in [-0.2, -0.15) is 0 Å². The van der Waals surface area contributed by atoms with Gasteiger partial charge in [-0.05, 0) is 25.0 Å². The highest BCUT2D eigenvalue weighted by molar-refractivity contribution is 6.02. The van der Waals surface area contributed by atoms with Crippen LogP contribution >= 0.6 is 0 Å². The first-order valence-electron chi connectivity index (χ1n) is 5.56. The predicted molar refractivity (Wildman–Crippen MR) is 63.9 cm³/mol. The standard InChI is InChI=1S/C13H15NO2/c1-2-3-6-10-8-9-5-4-7-11(13(15)16)12(9)14-10/h4-5,7-8,14H,2-3,6H2,1H3,(H,15,16). The van der Waals surface area contributed by atoms with Crippen LogP contribution < -0.4 is 0 Å². The van der Waals surface area contributed by atoms with E-state index in [9.17, 15) is 4.79 Å². The summed E-state index contributed by atoms with van der Waals surface area (Å²) in [5.74, 6) is -0.880. The third kappa shape index (κ3) is 1.94. The Balaban J connectivity index is 2.44. The van der Waals surface area contributed by atoms with Crippen LogP contribution in [0.5, 0.6) is 0 Å². The van der Waals surface area contributed by atoms with Crippen LogP contribution in [0.3, 0.4) is 0 Å². The molecule has 0 aliphatic heterocycles. The maximum Gasteiger partial charge on any atom is 0.337 e. The number of carbonyl (C=O) groups is 1. The summed E-state index contributed by atoms with van der Waals surface area (Å²) in [5, 5.41) is 10.0. The lowest BCUT2D eigenvalue weighted by Crippen LogP contribution is -1.96. The molecule has 0 saturated heterocycles. The number of nitrogens with one attached hydrogen (secondary N) is 1. The molecule has 0 amide bonds. The zero-order valence-corrected chi connectivity index (χ0v) is 9.29. The second kappa shape index (κ2) is 4.39. The molecule has 0 unspecified atom stereocenters. The number of rotatable bonds is 4. The molecular weight excluding hydrogens is 202 g/mol. The number of aromatic carboxylic acids is 1. The maximum atomic E-state index is 11.0. The highest BCUT2D eigenvalue weighted by Crippen LogP contribution is 2.20. The molecule has 0 aliphatic rings. The van der Waals surface area contributed by atoms with Crippen molar-refractivity contribution in [3.63, 3.8) is 0 Å². The zero-order chi connectivity index (χ0) is 11.5. The van der Waals surface area contributed by atoms with E-state index in [4.69, 9.17) is 5.11 Å². The van der Waals surface area contributed by atoms with Crippen LogP contribution in [0.25, 0.3) is 10.9 Å². The zero-order valence-electron chi connectivity index (χ0n) is 9.29. The number of H-pyrrole nitrogens is 1. The summed E-state index contributed by atoms with van der Waals surface area (Å²) in [4.78, 5) is 14.2. The molecule has 1 aromatic heterocycles. The van der Waals surface area contributed by atoms with Gasteiger partial charge in [-0.25, -0.2) is 4.79 Å². The third-order valence-corrected chi connectivity index (χ3v) is 2.74. The Kier molecular flexibility index (Phi) is 2.95. The Bertz CT molecular complexity index is 514. The molecule has 0 bridgehead atoms. The van der Waals surface area contributed by atoms with E-state index < -0.39 is 5.97 Å². The lowest BCUT2D eigenvalue weighted by molar-refractivity contribution is 0.0699. The summed E-state index contributed by atoms with van der Waals surface area (Å²) in [6.07, 6.45) is 3.24. The molecule has 0 fully saturated rings. The van der Waals surface area contributed by atoms with Crippen molar-refractivity contribution in [1.82, 2.24) is 4.98 Å². The van der Waals surface area contributed by atoms with Crippen molar-refractivity contribution in [3.05, 3.63) is 35.5 Å². The van der Waals surface area contributed by atoms with E-state index in [1.807, 2.05) is 12.1 Å². The van der Waals surface area contributed by atoms with E-state index >= 15 is 0 Å². The van der Waals surface area contributed by atoms with Crippen LogP contribution in [0.15, 0.2) is 24.3 Å². The smallest absolute Gasteiger partial charge is 0.337 e. The number of aromatic nitrogens is 1. The van der Waals surface area contributed by atoms with Crippen molar-refractivity contribution in [3.8, 4) is 0 Å².